The molecule has 4 saturated heterocycles. The number of carbonyl (C=O) groups is 4. The van der Waals surface area contributed by atoms with Gasteiger partial charge in [-0.15, -0.1) is 30.1 Å². The maximum atomic E-state index is 15.0. The summed E-state index contributed by atoms with van der Waals surface area (Å²) in [5, 5.41) is 78.3. The van der Waals surface area contributed by atoms with E-state index in [0.717, 1.165) is 84.7 Å². The Morgan fingerprint density at radius 2 is 1.02 bits per heavy atom. The second kappa shape index (κ2) is 34.5. The lowest BCUT2D eigenvalue weighted by atomic mass is 9.71. The molecule has 14 heterocycles. The first-order chi connectivity index (χ1) is 59.6. The standard InChI is InChI=1S/C48H56N4O10S.C45H52N4O10S/c1-7-9-10-11-12-13-35(54)62-43-26(4)44-45(61-24-60-44)37-32-22-59-47(56)48(29-20-34(57-5)33(53)19-27(29)14-15-50-48)23-63-46(38(37)43)40-39-36-28(17-25(3)42(58-6)41(36)55)18-30(51(39)16-8-2)31(21-49)52(32)40;1-6-7-8-9-10-11-32(51)59-40-23(3)41-42(58-21-57-41)34-29-19-56-44(53)45(26-17-31(54-4)30(50)16-24(26)12-13-47-45)20-60-43(35(34)40)37-36-33-25(14-22(2)39(55-5)38(33)52)15-27(48-36)28(18-46)49(29)37/h8,17,19-20,30-32,39-40,46,50,53,55H,2,7,9-16,18,22-24H2,1,3-6H3;14,16-17,27-29,36-37,43,47-48,50,52H,6-13,15,19-21H2,1-5H3/t30-,31-,32-,39+,40?,46+,48+;27-,28-,29-,36+,37?,43+,45+/m00/s1. The summed E-state index contributed by atoms with van der Waals surface area (Å²) in [6, 6.07) is 10.3. The van der Waals surface area contributed by atoms with Crippen LogP contribution in [0.4, 0.5) is 0 Å². The van der Waals surface area contributed by atoms with E-state index in [1.54, 1.807) is 31.4 Å². The molecule has 0 amide bonds. The molecule has 6 aromatic rings. The lowest BCUT2D eigenvalue weighted by molar-refractivity contribution is -0.157. The minimum absolute atomic E-state index is 0.0204. The molecule has 20 rings (SSSR count). The highest BCUT2D eigenvalue weighted by Crippen LogP contribution is 2.68. The fourth-order valence-corrected chi connectivity index (χ4v) is 25.4. The van der Waals surface area contributed by atoms with E-state index in [4.69, 9.17) is 56.8 Å². The van der Waals surface area contributed by atoms with Crippen LogP contribution in [0.15, 0.2) is 49.1 Å². The fourth-order valence-electron chi connectivity index (χ4n) is 22.0. The van der Waals surface area contributed by atoms with Crippen molar-refractivity contribution < 1.29 is 96.4 Å². The molecule has 14 atom stereocenters. The van der Waals surface area contributed by atoms with Crippen LogP contribution < -0.4 is 63.3 Å². The van der Waals surface area contributed by atoms with Crippen molar-refractivity contribution >= 4 is 47.4 Å². The van der Waals surface area contributed by atoms with Crippen LogP contribution >= 0.6 is 23.5 Å². The maximum Gasteiger partial charge on any atom is 0.331 e. The van der Waals surface area contributed by atoms with Gasteiger partial charge in [-0.3, -0.25) is 34.9 Å². The van der Waals surface area contributed by atoms with Gasteiger partial charge >= 0.3 is 23.9 Å². The van der Waals surface area contributed by atoms with E-state index in [2.05, 4.69) is 69.3 Å². The second-order valence-electron chi connectivity index (χ2n) is 34.2. The first-order valence-corrected chi connectivity index (χ1v) is 45.2. The number of phenolic OH excluding ortho intramolecular Hbond substituents is 4. The molecule has 30 heteroatoms. The number of esters is 4. The zero-order valence-corrected chi connectivity index (χ0v) is 72.9. The Bertz CT molecular complexity index is 5340. The van der Waals surface area contributed by atoms with Gasteiger partial charge in [-0.05, 0) is 135 Å². The summed E-state index contributed by atoms with van der Waals surface area (Å²) in [5.41, 5.74) is 8.87. The third-order valence-corrected chi connectivity index (χ3v) is 30.4. The van der Waals surface area contributed by atoms with Gasteiger partial charge in [0.2, 0.25) is 13.6 Å². The highest BCUT2D eigenvalue weighted by molar-refractivity contribution is 7.99. The number of thioether (sulfide) groups is 2. The number of hydrogen-bond donors (Lipinski definition) is 7. The van der Waals surface area contributed by atoms with E-state index in [-0.39, 0.29) is 110 Å². The summed E-state index contributed by atoms with van der Waals surface area (Å²) in [4.78, 5) is 64.4. The molecule has 0 radical (unpaired) electrons. The van der Waals surface area contributed by atoms with Crippen molar-refractivity contribution in [2.45, 2.75) is 226 Å². The zero-order valence-electron chi connectivity index (χ0n) is 71.2. The molecule has 652 valence electrons. The quantitative estimate of drug-likeness (QED) is 0.0162. The third kappa shape index (κ3) is 14.0. The molecule has 28 nitrogen and oxygen atoms in total. The Balaban J connectivity index is 0.000000175. The number of fused-ring (bicyclic) bond motifs is 18. The second-order valence-corrected chi connectivity index (χ2v) is 36.4. The van der Waals surface area contributed by atoms with Gasteiger partial charge in [0.1, 0.15) is 36.8 Å². The van der Waals surface area contributed by atoms with Gasteiger partial charge in [-0.25, -0.2) is 9.59 Å². The molecular weight excluding hydrogens is 1610 g/mol. The molecular formula is C93H108N8O20S2. The number of rotatable bonds is 20. The number of nitrogens with zero attached hydrogens (tertiary/aromatic N) is 5. The maximum absolute atomic E-state index is 15.0. The number of carbonyl (C=O) groups excluding carboxylic acids is 4. The molecule has 2 spiro atoms. The number of nitrogens with one attached hydrogen (secondary N) is 3. The lowest BCUT2D eigenvalue weighted by Crippen LogP contribution is -2.70. The van der Waals surface area contributed by atoms with Crippen LogP contribution in [0.1, 0.15) is 215 Å². The van der Waals surface area contributed by atoms with Crippen molar-refractivity contribution in [2.75, 3.05) is 86.4 Å². The summed E-state index contributed by atoms with van der Waals surface area (Å²) in [6.07, 6.45) is 14.0. The Hall–Kier alpha value is -10.0. The van der Waals surface area contributed by atoms with Crippen molar-refractivity contribution in [1.29, 1.82) is 10.5 Å². The number of piperazine rings is 2. The molecule has 4 fully saturated rings. The molecule has 8 bridgehead atoms. The van der Waals surface area contributed by atoms with Crippen molar-refractivity contribution in [1.82, 2.24) is 30.7 Å². The molecule has 0 aromatic heterocycles. The van der Waals surface area contributed by atoms with Crippen LogP contribution in [0.5, 0.6) is 80.5 Å². The molecule has 0 aliphatic carbocycles. The van der Waals surface area contributed by atoms with Gasteiger partial charge in [0.15, 0.2) is 80.1 Å². The SMILES string of the molecule is C=CCN1[C@@H]2c3c(cc(C)c(OC)c3O)C[C@H]1[C@H](C#N)N1C2[C@@H]2SC[C@]3(NCCc4cc(O)c(OC)cc43)C(=O)OC[C@H]1c1c3c(c(C)c(OC(=O)CCCCCCC)c12)OCO3.CCCCCCCC(=O)Oc1c(C)c2c(c3c1[C@H]1SC[C@]4(NCCc5cc(O)c(OC)cc54)C(=O)OC[C@@H]3N3C1[C@@H]1N[C@@H](Cc4cc(C)c(OC)c(O)c41)[C@@H]3C#N)OCO2. The predicted octanol–water partition coefficient (Wildman–Crippen LogP) is 12.9. The number of aromatic hydroxyl groups is 4. The Morgan fingerprint density at radius 1 is 0.561 bits per heavy atom. The smallest absolute Gasteiger partial charge is 0.331 e. The molecule has 2 unspecified atom stereocenters. The van der Waals surface area contributed by atoms with Gasteiger partial charge < -0.3 is 82.6 Å². The number of methoxy groups -OCH3 is 4. The Kier molecular flexibility index (Phi) is 23.9. The highest BCUT2D eigenvalue weighted by atomic mass is 32.2. The number of aryl methyl sites for hydroxylation is 2. The molecule has 123 heavy (non-hydrogen) atoms. The zero-order chi connectivity index (χ0) is 86.4. The van der Waals surface area contributed by atoms with Crippen LogP contribution in [0, 0.1) is 50.4 Å². The summed E-state index contributed by atoms with van der Waals surface area (Å²) >= 11 is 2.99. The molecule has 0 saturated carbocycles. The van der Waals surface area contributed by atoms with E-state index in [9.17, 15) is 50.1 Å². The summed E-state index contributed by atoms with van der Waals surface area (Å²) < 4.78 is 73.8. The van der Waals surface area contributed by atoms with E-state index in [1.807, 2.05) is 39.8 Å². The molecule has 7 N–H and O–H groups in total. The topological polar surface area (TPSA) is 353 Å². The van der Waals surface area contributed by atoms with E-state index in [0.29, 0.717) is 160 Å². The van der Waals surface area contributed by atoms with Crippen LogP contribution in [-0.2, 0) is 65.4 Å². The number of unbranched alkanes of at least 4 members (excludes halogenated alkanes) is 8. The van der Waals surface area contributed by atoms with Gasteiger partial charge in [-0.1, -0.05) is 83.4 Å². The number of benzene rings is 6. The minimum Gasteiger partial charge on any atom is -0.504 e. The Morgan fingerprint density at radius 3 is 1.50 bits per heavy atom. The first-order valence-electron chi connectivity index (χ1n) is 43.1. The highest BCUT2D eigenvalue weighted by Gasteiger charge is 2.65. The Labute approximate surface area is 724 Å². The largest absolute Gasteiger partial charge is 0.504 e. The minimum atomic E-state index is -1.39. The van der Waals surface area contributed by atoms with Crippen molar-refractivity contribution in [2.24, 2.45) is 0 Å². The average Bonchev–Trinajstić information content (AvgIpc) is 1.56. The van der Waals surface area contributed by atoms with E-state index in [1.165, 1.54) is 44.9 Å². The first kappa shape index (κ1) is 85.2. The van der Waals surface area contributed by atoms with Crippen molar-refractivity contribution in [3.05, 3.63) is 138 Å². The number of ether oxygens (including phenoxy) is 12. The van der Waals surface area contributed by atoms with Crippen molar-refractivity contribution in [3.63, 3.8) is 0 Å². The summed E-state index contributed by atoms with van der Waals surface area (Å²) in [5.74, 6) is 2.37. The lowest BCUT2D eigenvalue weighted by Gasteiger charge is -2.62. The average molecular weight is 1720 g/mol. The molecule has 14 aliphatic rings. The monoisotopic (exact) mass is 1720 g/mol. The number of phenols is 4. The van der Waals surface area contributed by atoms with Crippen LogP contribution in [0.3, 0.4) is 0 Å². The summed E-state index contributed by atoms with van der Waals surface area (Å²) in [6.45, 7) is 16.8. The summed E-state index contributed by atoms with van der Waals surface area (Å²) in [7, 11) is 6.03. The van der Waals surface area contributed by atoms with Crippen LogP contribution in [0.2, 0.25) is 0 Å². The normalized spacial score (nSPS) is 26.9. The van der Waals surface area contributed by atoms with Gasteiger partial charge in [-0.2, -0.15) is 10.5 Å². The number of hydrogen-bond acceptors (Lipinski definition) is 30. The van der Waals surface area contributed by atoms with E-state index < -0.39 is 81.9 Å². The van der Waals surface area contributed by atoms with Gasteiger partial charge in [0.25, 0.3) is 0 Å². The van der Waals surface area contributed by atoms with Gasteiger partial charge in [0, 0.05) is 113 Å². The predicted molar refractivity (Wildman–Crippen MR) is 456 cm³/mol. The third-order valence-electron chi connectivity index (χ3n) is 27.4. The van der Waals surface area contributed by atoms with Crippen molar-refractivity contribution in [3.8, 4) is 92.6 Å². The molecule has 14 aliphatic heterocycles. The van der Waals surface area contributed by atoms with E-state index >= 15 is 0 Å². The molecule has 6 aromatic carbocycles. The van der Waals surface area contributed by atoms with Crippen LogP contribution in [-0.4, -0.2) is 182 Å². The fraction of sp³-hybridized carbons (Fsp3) is 0.527. The van der Waals surface area contributed by atoms with Gasteiger partial charge in [0.05, 0.1) is 75.2 Å². The number of nitriles is 2. The van der Waals surface area contributed by atoms with Crippen LogP contribution in [0.25, 0.3) is 0 Å².